The van der Waals surface area contributed by atoms with Crippen LogP contribution in [0.1, 0.15) is 33.6 Å². The molecule has 10 nitrogen and oxygen atoms in total. The van der Waals surface area contributed by atoms with Crippen LogP contribution >= 0.6 is 11.6 Å². The first-order valence-corrected chi connectivity index (χ1v) is 15.6. The van der Waals surface area contributed by atoms with Crippen molar-refractivity contribution in [2.24, 2.45) is 0 Å². The number of anilines is 2. The van der Waals surface area contributed by atoms with Crippen molar-refractivity contribution in [3.05, 3.63) is 47.5 Å². The molecule has 3 aliphatic rings. The topological polar surface area (TPSA) is 98.2 Å². The monoisotopic (exact) mass is 615 g/mol. The number of benzene rings is 2. The Morgan fingerprint density at radius 3 is 2.34 bits per heavy atom. The number of fused-ring (bicyclic) bond motifs is 4. The van der Waals surface area contributed by atoms with E-state index in [0.717, 1.165) is 53.5 Å². The molecule has 2 aromatic heterocycles. The maximum Gasteiger partial charge on any atom is 0.410 e. The van der Waals surface area contributed by atoms with E-state index in [-0.39, 0.29) is 23.9 Å². The van der Waals surface area contributed by atoms with Gasteiger partial charge in [0.25, 0.3) is 0 Å². The van der Waals surface area contributed by atoms with Crippen LogP contribution in [0.15, 0.2) is 42.5 Å². The van der Waals surface area contributed by atoms with Crippen LogP contribution in [0.2, 0.25) is 5.02 Å². The van der Waals surface area contributed by atoms with Crippen LogP contribution in [0.4, 0.5) is 16.6 Å². The predicted octanol–water partition coefficient (Wildman–Crippen LogP) is 5.54. The van der Waals surface area contributed by atoms with Crippen LogP contribution in [0, 0.1) is 0 Å². The van der Waals surface area contributed by atoms with Crippen LogP contribution in [0.25, 0.3) is 33.1 Å². The summed E-state index contributed by atoms with van der Waals surface area (Å²) in [4.78, 5) is 36.9. The number of piperazine rings is 1. The van der Waals surface area contributed by atoms with Crippen LogP contribution < -0.4 is 9.80 Å². The number of phenolic OH excluding ortho intramolecular Hbond substituents is 1. The average Bonchev–Trinajstić information content (AvgIpc) is 3.19. The SMILES string of the molecule is CN(C)C1CN(c2nc(N3CC4CCC(C3)N4C(=O)OC(C)(C)C)c3cc(Cl)c(-c4cc(O)cc5ccccc45)nc3n2)C1. The number of aromatic nitrogens is 3. The summed E-state index contributed by atoms with van der Waals surface area (Å²) >= 11 is 6.99. The number of phenols is 1. The summed E-state index contributed by atoms with van der Waals surface area (Å²) in [5, 5.41) is 13.6. The zero-order chi connectivity index (χ0) is 30.9. The highest BCUT2D eigenvalue weighted by Gasteiger charge is 2.45. The summed E-state index contributed by atoms with van der Waals surface area (Å²) in [6.07, 6.45) is 1.59. The molecule has 0 spiro atoms. The molecule has 2 unspecified atom stereocenters. The van der Waals surface area contributed by atoms with Crippen LogP contribution in [-0.2, 0) is 4.74 Å². The van der Waals surface area contributed by atoms with Gasteiger partial charge in [0.15, 0.2) is 5.65 Å². The van der Waals surface area contributed by atoms with Gasteiger partial charge >= 0.3 is 6.09 Å². The summed E-state index contributed by atoms with van der Waals surface area (Å²) in [7, 11) is 4.17. The number of likely N-dealkylation sites (N-methyl/N-ethyl adjacent to an activating group) is 1. The Morgan fingerprint density at radius 2 is 1.66 bits per heavy atom. The van der Waals surface area contributed by atoms with Crippen molar-refractivity contribution >= 4 is 51.3 Å². The van der Waals surface area contributed by atoms with E-state index in [9.17, 15) is 9.90 Å². The number of carbonyl (C=O) groups excluding carboxylic acids is 1. The number of rotatable bonds is 4. The number of nitrogens with zero attached hydrogens (tertiary/aromatic N) is 7. The van der Waals surface area contributed by atoms with Crippen LogP contribution in [-0.4, -0.2) is 100.0 Å². The average molecular weight is 616 g/mol. The first kappa shape index (κ1) is 28.9. The number of aromatic hydroxyl groups is 1. The molecule has 2 aromatic carbocycles. The van der Waals surface area contributed by atoms with Gasteiger partial charge in [-0.15, -0.1) is 0 Å². The number of hydrogen-bond donors (Lipinski definition) is 1. The number of pyridine rings is 1. The summed E-state index contributed by atoms with van der Waals surface area (Å²) in [6, 6.07) is 13.7. The van der Waals surface area contributed by atoms with Crippen molar-refractivity contribution in [2.45, 2.75) is 57.3 Å². The largest absolute Gasteiger partial charge is 0.508 e. The second-order valence-electron chi connectivity index (χ2n) is 13.5. The molecule has 3 saturated heterocycles. The molecular formula is C33H38ClN7O3. The summed E-state index contributed by atoms with van der Waals surface area (Å²) in [5.74, 6) is 1.56. The van der Waals surface area contributed by atoms with Crippen molar-refractivity contribution in [2.75, 3.05) is 50.1 Å². The standard InChI is InChI=1S/C33H38ClN7O3/c1-33(2,3)44-32(43)41-20-10-11-21(41)16-39(15-20)30-26-14-27(34)28(25-13-23(42)12-19-8-6-7-9-24(19)25)35-29(26)36-31(37-30)40-17-22(18-40)38(4)5/h6-9,12-14,20-22,42H,10-11,15-18H2,1-5H3. The first-order valence-electron chi connectivity index (χ1n) is 15.2. The molecule has 2 atom stereocenters. The number of halogens is 1. The Balaban J connectivity index is 1.31. The van der Waals surface area contributed by atoms with E-state index in [1.165, 1.54) is 0 Å². The van der Waals surface area contributed by atoms with E-state index in [2.05, 4.69) is 28.8 Å². The van der Waals surface area contributed by atoms with Crippen LogP contribution in [0.5, 0.6) is 5.75 Å². The van der Waals surface area contributed by atoms with Crippen LogP contribution in [0.3, 0.4) is 0 Å². The normalized spacial score (nSPS) is 20.6. The second kappa shape index (κ2) is 10.6. The van der Waals surface area contributed by atoms with Gasteiger partial charge in [0.2, 0.25) is 5.95 Å². The van der Waals surface area contributed by atoms with Gasteiger partial charge in [-0.2, -0.15) is 9.97 Å². The van der Waals surface area contributed by atoms with Gasteiger partial charge in [-0.25, -0.2) is 9.78 Å². The van der Waals surface area contributed by atoms with E-state index < -0.39 is 5.60 Å². The molecule has 0 radical (unpaired) electrons. The third-order valence-corrected chi connectivity index (χ3v) is 9.26. The molecule has 4 aromatic rings. The smallest absolute Gasteiger partial charge is 0.410 e. The van der Waals surface area contributed by atoms with Gasteiger partial charge in [0, 0.05) is 37.8 Å². The van der Waals surface area contributed by atoms with Crippen molar-refractivity contribution in [3.63, 3.8) is 0 Å². The molecule has 7 rings (SSSR count). The Kier molecular flexibility index (Phi) is 6.97. The van der Waals surface area contributed by atoms with Gasteiger partial charge in [-0.05, 0) is 76.7 Å². The first-order chi connectivity index (χ1) is 20.9. The second-order valence-corrected chi connectivity index (χ2v) is 13.9. The summed E-state index contributed by atoms with van der Waals surface area (Å²) < 4.78 is 5.77. The molecule has 1 N–H and O–H groups in total. The fraction of sp³-hybridized carbons (Fsp3) is 0.455. The van der Waals surface area contributed by atoms with E-state index in [1.54, 1.807) is 12.1 Å². The molecule has 5 heterocycles. The number of hydrogen-bond acceptors (Lipinski definition) is 9. The zero-order valence-electron chi connectivity index (χ0n) is 25.8. The Labute approximate surface area is 262 Å². The maximum atomic E-state index is 13.1. The van der Waals surface area contributed by atoms with Crippen molar-refractivity contribution in [3.8, 4) is 17.0 Å². The van der Waals surface area contributed by atoms with Gasteiger partial charge in [-0.1, -0.05) is 35.9 Å². The van der Waals surface area contributed by atoms with E-state index >= 15 is 0 Å². The summed E-state index contributed by atoms with van der Waals surface area (Å²) in [5.41, 5.74) is 1.31. The third-order valence-electron chi connectivity index (χ3n) is 8.97. The predicted molar refractivity (Wildman–Crippen MR) is 174 cm³/mol. The highest BCUT2D eigenvalue weighted by molar-refractivity contribution is 6.34. The summed E-state index contributed by atoms with van der Waals surface area (Å²) in [6.45, 7) is 8.63. The third kappa shape index (κ3) is 5.13. The van der Waals surface area contributed by atoms with E-state index in [0.29, 0.717) is 41.4 Å². The van der Waals surface area contributed by atoms with Gasteiger partial charge in [0.1, 0.15) is 17.2 Å². The molecule has 3 aliphatic heterocycles. The molecule has 11 heteroatoms. The lowest BCUT2D eigenvalue weighted by atomic mass is 10.0. The van der Waals surface area contributed by atoms with Crippen molar-refractivity contribution in [1.29, 1.82) is 0 Å². The van der Waals surface area contributed by atoms with Gasteiger partial charge in [-0.3, -0.25) is 4.90 Å². The number of carbonyl (C=O) groups is 1. The number of amides is 1. The number of ether oxygens (including phenoxy) is 1. The van der Waals surface area contributed by atoms with E-state index in [4.69, 9.17) is 31.3 Å². The minimum absolute atomic E-state index is 0.0283. The minimum Gasteiger partial charge on any atom is -0.508 e. The Hall–Kier alpha value is -3.89. The molecule has 230 valence electrons. The molecule has 1 amide bonds. The van der Waals surface area contributed by atoms with Gasteiger partial charge < -0.3 is 24.5 Å². The molecular weight excluding hydrogens is 578 g/mol. The van der Waals surface area contributed by atoms with Gasteiger partial charge in [0.05, 0.1) is 28.2 Å². The highest BCUT2D eigenvalue weighted by atomic mass is 35.5. The lowest BCUT2D eigenvalue weighted by Crippen LogP contribution is -2.58. The van der Waals surface area contributed by atoms with Crippen molar-refractivity contribution < 1.29 is 14.6 Å². The van der Waals surface area contributed by atoms with E-state index in [1.807, 2.05) is 56.0 Å². The maximum absolute atomic E-state index is 13.1. The highest BCUT2D eigenvalue weighted by Crippen LogP contribution is 2.40. The molecule has 0 saturated carbocycles. The molecule has 2 bridgehead atoms. The zero-order valence-corrected chi connectivity index (χ0v) is 26.5. The lowest BCUT2D eigenvalue weighted by Gasteiger charge is -2.44. The minimum atomic E-state index is -0.548. The van der Waals surface area contributed by atoms with Crippen molar-refractivity contribution in [1.82, 2.24) is 24.8 Å². The molecule has 0 aliphatic carbocycles. The molecule has 3 fully saturated rings. The quantitative estimate of drug-likeness (QED) is 0.317. The fourth-order valence-corrected chi connectivity index (χ4v) is 6.95. The fourth-order valence-electron chi connectivity index (χ4n) is 6.70. The Bertz CT molecular complexity index is 1750. The Morgan fingerprint density at radius 1 is 0.955 bits per heavy atom. The lowest BCUT2D eigenvalue weighted by molar-refractivity contribution is 0.0123. The molecule has 44 heavy (non-hydrogen) atoms.